The van der Waals surface area contributed by atoms with Crippen molar-refractivity contribution in [2.45, 2.75) is 6.61 Å². The largest absolute Gasteiger partial charge is 0.441 e. The molecule has 0 radical (unpaired) electrons. The van der Waals surface area contributed by atoms with E-state index in [2.05, 4.69) is 20.5 Å². The van der Waals surface area contributed by atoms with E-state index in [1.165, 1.54) is 28.0 Å². The number of aryl methyl sites for hydroxylation is 1. The molecular formula is C7H8N6O2. The van der Waals surface area contributed by atoms with E-state index in [4.69, 9.17) is 4.74 Å². The van der Waals surface area contributed by atoms with E-state index in [0.29, 0.717) is 5.82 Å². The Bertz CT molecular complexity index is 448. The highest BCUT2D eigenvalue weighted by Gasteiger charge is 2.08. The number of aromatic nitrogens is 6. The molecule has 8 nitrogen and oxygen atoms in total. The minimum absolute atomic E-state index is 0.0283. The van der Waals surface area contributed by atoms with Gasteiger partial charge in [0.25, 0.3) is 0 Å². The third kappa shape index (κ3) is 1.98. The highest BCUT2D eigenvalue weighted by Crippen LogP contribution is 1.96. The van der Waals surface area contributed by atoms with Crippen molar-refractivity contribution in [1.29, 1.82) is 0 Å². The second kappa shape index (κ2) is 3.86. The van der Waals surface area contributed by atoms with Gasteiger partial charge in [-0.1, -0.05) is 0 Å². The fourth-order valence-corrected chi connectivity index (χ4v) is 0.938. The van der Waals surface area contributed by atoms with Crippen molar-refractivity contribution < 1.29 is 9.53 Å². The van der Waals surface area contributed by atoms with Gasteiger partial charge in [-0.3, -0.25) is 0 Å². The molecule has 0 aromatic carbocycles. The van der Waals surface area contributed by atoms with Gasteiger partial charge in [0, 0.05) is 19.4 Å². The molecule has 0 aliphatic rings. The molecule has 0 bridgehead atoms. The Labute approximate surface area is 84.5 Å². The Hall–Kier alpha value is -2.25. The molecule has 0 saturated heterocycles. The second-order valence-corrected chi connectivity index (χ2v) is 2.74. The topological polar surface area (TPSA) is 87.7 Å². The van der Waals surface area contributed by atoms with Crippen molar-refractivity contribution in [3.63, 3.8) is 0 Å². The molecule has 78 valence electrons. The number of hydrogen-bond donors (Lipinski definition) is 0. The van der Waals surface area contributed by atoms with E-state index in [1.54, 1.807) is 7.05 Å². The molecular weight excluding hydrogens is 200 g/mol. The molecule has 0 N–H and O–H groups in total. The lowest BCUT2D eigenvalue weighted by Crippen LogP contribution is -2.13. The van der Waals surface area contributed by atoms with Gasteiger partial charge in [0.2, 0.25) is 0 Å². The zero-order valence-electron chi connectivity index (χ0n) is 7.94. The Balaban J connectivity index is 1.95. The minimum Gasteiger partial charge on any atom is -0.441 e. The molecule has 0 unspecified atom stereocenters. The number of imidazole rings is 1. The Morgan fingerprint density at radius 3 is 3.07 bits per heavy atom. The van der Waals surface area contributed by atoms with Crippen LogP contribution in [-0.4, -0.2) is 35.9 Å². The molecule has 0 spiro atoms. The van der Waals surface area contributed by atoms with Crippen LogP contribution in [-0.2, 0) is 18.4 Å². The van der Waals surface area contributed by atoms with Crippen molar-refractivity contribution in [3.8, 4) is 0 Å². The van der Waals surface area contributed by atoms with Crippen LogP contribution in [0.5, 0.6) is 0 Å². The van der Waals surface area contributed by atoms with Crippen molar-refractivity contribution >= 4 is 6.09 Å². The maximum Gasteiger partial charge on any atom is 0.419 e. The molecule has 2 rings (SSSR count). The molecule has 2 aromatic heterocycles. The molecule has 2 aromatic rings. The molecule has 8 heteroatoms. The zero-order valence-corrected chi connectivity index (χ0v) is 7.94. The van der Waals surface area contributed by atoms with Crippen LogP contribution >= 0.6 is 0 Å². The van der Waals surface area contributed by atoms with E-state index >= 15 is 0 Å². The highest BCUT2D eigenvalue weighted by molar-refractivity contribution is 5.69. The first-order valence-electron chi connectivity index (χ1n) is 4.13. The van der Waals surface area contributed by atoms with Crippen LogP contribution < -0.4 is 0 Å². The number of carbonyl (C=O) groups excluding carboxylic acids is 1. The summed E-state index contributed by atoms with van der Waals surface area (Å²) in [5.41, 5.74) is 0. The second-order valence-electron chi connectivity index (χ2n) is 2.74. The summed E-state index contributed by atoms with van der Waals surface area (Å²) in [5.74, 6) is 0.475. The first-order chi connectivity index (χ1) is 7.27. The zero-order chi connectivity index (χ0) is 10.7. The van der Waals surface area contributed by atoms with Gasteiger partial charge < -0.3 is 4.74 Å². The summed E-state index contributed by atoms with van der Waals surface area (Å²) in [6.07, 6.45) is 3.83. The van der Waals surface area contributed by atoms with Gasteiger partial charge in [0.15, 0.2) is 12.4 Å². The number of hydrogen-bond acceptors (Lipinski definition) is 6. The molecule has 0 aliphatic heterocycles. The highest BCUT2D eigenvalue weighted by atomic mass is 16.5. The van der Waals surface area contributed by atoms with Gasteiger partial charge in [-0.25, -0.2) is 19.0 Å². The number of ether oxygens (including phenoxy) is 1. The van der Waals surface area contributed by atoms with Crippen LogP contribution in [0.25, 0.3) is 0 Å². The summed E-state index contributed by atoms with van der Waals surface area (Å²) in [6, 6.07) is 0. The van der Waals surface area contributed by atoms with Crippen LogP contribution in [0.2, 0.25) is 0 Å². The number of tetrazole rings is 1. The lowest BCUT2D eigenvalue weighted by atomic mass is 10.6. The van der Waals surface area contributed by atoms with Gasteiger partial charge in [-0.2, -0.15) is 0 Å². The molecule has 0 aliphatic carbocycles. The third-order valence-corrected chi connectivity index (χ3v) is 1.75. The fraction of sp³-hybridized carbons (Fsp3) is 0.286. The maximum atomic E-state index is 11.3. The van der Waals surface area contributed by atoms with Crippen molar-refractivity contribution in [2.24, 2.45) is 7.05 Å². The van der Waals surface area contributed by atoms with Crippen LogP contribution in [0.15, 0.2) is 18.7 Å². The normalized spacial score (nSPS) is 10.2. The van der Waals surface area contributed by atoms with Crippen LogP contribution in [0.1, 0.15) is 5.82 Å². The van der Waals surface area contributed by atoms with Gasteiger partial charge in [-0.15, -0.1) is 5.10 Å². The van der Waals surface area contributed by atoms with Crippen LogP contribution in [0.3, 0.4) is 0 Å². The van der Waals surface area contributed by atoms with E-state index in [0.717, 1.165) is 0 Å². The summed E-state index contributed by atoms with van der Waals surface area (Å²) in [5, 5.41) is 10.7. The predicted octanol–water partition coefficient (Wildman–Crippen LogP) is -0.409. The molecule has 2 heterocycles. The van der Waals surface area contributed by atoms with Crippen LogP contribution in [0, 0.1) is 0 Å². The minimum atomic E-state index is -0.518. The Morgan fingerprint density at radius 2 is 2.47 bits per heavy atom. The summed E-state index contributed by atoms with van der Waals surface area (Å²) < 4.78 is 7.59. The van der Waals surface area contributed by atoms with Gasteiger partial charge in [0.1, 0.15) is 6.33 Å². The van der Waals surface area contributed by atoms with Crippen molar-refractivity contribution in [2.75, 3.05) is 0 Å². The van der Waals surface area contributed by atoms with E-state index < -0.39 is 6.09 Å². The number of rotatable bonds is 2. The van der Waals surface area contributed by atoms with Gasteiger partial charge in [0.05, 0.1) is 0 Å². The fourth-order valence-electron chi connectivity index (χ4n) is 0.938. The van der Waals surface area contributed by atoms with Crippen molar-refractivity contribution in [1.82, 2.24) is 29.8 Å². The number of nitrogens with zero attached hydrogens (tertiary/aromatic N) is 6. The Morgan fingerprint density at radius 1 is 1.60 bits per heavy atom. The van der Waals surface area contributed by atoms with Crippen LogP contribution in [0.4, 0.5) is 4.79 Å². The lowest BCUT2D eigenvalue weighted by Gasteiger charge is -2.02. The van der Waals surface area contributed by atoms with E-state index in [-0.39, 0.29) is 6.61 Å². The average Bonchev–Trinajstić information content (AvgIpc) is 2.85. The molecule has 0 atom stereocenters. The Kier molecular flexibility index (Phi) is 2.40. The van der Waals surface area contributed by atoms with Gasteiger partial charge in [-0.05, 0) is 10.4 Å². The lowest BCUT2D eigenvalue weighted by molar-refractivity contribution is 0.137. The van der Waals surface area contributed by atoms with Crippen molar-refractivity contribution in [3.05, 3.63) is 24.5 Å². The first kappa shape index (κ1) is 9.31. The number of carbonyl (C=O) groups is 1. The summed E-state index contributed by atoms with van der Waals surface area (Å²) in [4.78, 5) is 15.1. The SMILES string of the molecule is Cn1nnnc1COC(=O)n1ccnc1. The maximum absolute atomic E-state index is 11.3. The average molecular weight is 208 g/mol. The van der Waals surface area contributed by atoms with E-state index in [1.807, 2.05) is 0 Å². The molecule has 0 fully saturated rings. The summed E-state index contributed by atoms with van der Waals surface area (Å²) in [6.45, 7) is 0.0283. The quantitative estimate of drug-likeness (QED) is 0.666. The smallest absolute Gasteiger partial charge is 0.419 e. The molecule has 0 amide bonds. The van der Waals surface area contributed by atoms with E-state index in [9.17, 15) is 4.79 Å². The molecule has 0 saturated carbocycles. The monoisotopic (exact) mass is 208 g/mol. The molecule has 15 heavy (non-hydrogen) atoms. The standard InChI is InChI=1S/C7H8N6O2/c1-12-6(9-10-11-12)4-15-7(14)13-3-2-8-5-13/h2-3,5H,4H2,1H3. The van der Waals surface area contributed by atoms with Gasteiger partial charge >= 0.3 is 6.09 Å². The first-order valence-corrected chi connectivity index (χ1v) is 4.13. The summed E-state index contributed by atoms with van der Waals surface area (Å²) in [7, 11) is 1.67. The summed E-state index contributed by atoms with van der Waals surface area (Å²) >= 11 is 0. The third-order valence-electron chi connectivity index (χ3n) is 1.75. The predicted molar refractivity (Wildman–Crippen MR) is 46.6 cm³/mol.